The Hall–Kier alpha value is 0.314. The molecular formula is C19H49N3O7Ti. The van der Waals surface area contributed by atoms with Gasteiger partial charge in [0.1, 0.15) is 0 Å². The third kappa shape index (κ3) is 51.2. The van der Waals surface area contributed by atoms with Crippen LogP contribution in [0.2, 0.25) is 0 Å². The molecule has 0 unspecified atom stereocenters. The zero-order valence-corrected chi connectivity index (χ0v) is 21.1. The first-order valence-electron chi connectivity index (χ1n) is 10.2. The second-order valence-electron chi connectivity index (χ2n) is 6.33. The molecule has 0 heterocycles. The molecule has 0 rings (SSSR count). The van der Waals surface area contributed by atoms with Gasteiger partial charge in [-0.25, -0.2) is 0 Å². The van der Waals surface area contributed by atoms with Crippen molar-refractivity contribution in [3.8, 4) is 0 Å². The monoisotopic (exact) mass is 479 g/mol. The van der Waals surface area contributed by atoms with Gasteiger partial charge in [0.25, 0.3) is 0 Å². The van der Waals surface area contributed by atoms with Crippen molar-refractivity contribution in [2.24, 2.45) is 0 Å². The maximum absolute atomic E-state index is 8.34. The van der Waals surface area contributed by atoms with Crippen LogP contribution in [0.15, 0.2) is 0 Å². The van der Waals surface area contributed by atoms with Gasteiger partial charge in [-0.05, 0) is 27.6 Å². The quantitative estimate of drug-likeness (QED) is 0.133. The molecule has 0 aromatic rings. The fourth-order valence-corrected chi connectivity index (χ4v) is 1.52. The minimum Gasteiger partial charge on any atom is -0.396 e. The van der Waals surface area contributed by atoms with Gasteiger partial charge in [0.15, 0.2) is 0 Å². The van der Waals surface area contributed by atoms with Crippen molar-refractivity contribution < 1.29 is 57.5 Å². The number of aliphatic hydroxyl groups is 7. The Balaban J connectivity index is -0.0000000929. The van der Waals surface area contributed by atoms with Crippen LogP contribution in [0.4, 0.5) is 0 Å². The van der Waals surface area contributed by atoms with Crippen LogP contribution in [0.1, 0.15) is 19.8 Å². The van der Waals surface area contributed by atoms with E-state index in [1.54, 1.807) is 0 Å². The molecular weight excluding hydrogens is 430 g/mol. The van der Waals surface area contributed by atoms with E-state index < -0.39 is 0 Å². The molecule has 0 aromatic heterocycles. The van der Waals surface area contributed by atoms with E-state index in [2.05, 4.69) is 6.92 Å². The van der Waals surface area contributed by atoms with Crippen molar-refractivity contribution in [2.45, 2.75) is 19.8 Å². The first-order valence-corrected chi connectivity index (χ1v) is 10.2. The molecule has 0 spiro atoms. The van der Waals surface area contributed by atoms with Crippen molar-refractivity contribution in [3.05, 3.63) is 0 Å². The van der Waals surface area contributed by atoms with Gasteiger partial charge in [0.05, 0.1) is 39.6 Å². The molecule has 0 amide bonds. The first kappa shape index (κ1) is 40.7. The summed E-state index contributed by atoms with van der Waals surface area (Å²) in [6.45, 7) is 7.21. The summed E-state index contributed by atoms with van der Waals surface area (Å²) in [4.78, 5) is 5.58. The number of nitrogens with zero attached hydrogens (tertiary/aromatic N) is 3. The van der Waals surface area contributed by atoms with E-state index in [-0.39, 0.29) is 61.4 Å². The zero-order chi connectivity index (χ0) is 23.3. The van der Waals surface area contributed by atoms with E-state index >= 15 is 0 Å². The molecule has 0 fully saturated rings. The largest absolute Gasteiger partial charge is 0.396 e. The fraction of sp³-hybridized carbons (Fsp3) is 1.00. The fourth-order valence-electron chi connectivity index (χ4n) is 1.52. The van der Waals surface area contributed by atoms with Crippen LogP contribution in [0.3, 0.4) is 0 Å². The number of rotatable bonds is 14. The van der Waals surface area contributed by atoms with Gasteiger partial charge in [-0.15, -0.1) is 0 Å². The Bertz CT molecular complexity index is 209. The van der Waals surface area contributed by atoms with Gasteiger partial charge < -0.3 is 50.4 Å². The minimum absolute atomic E-state index is 0. The smallest absolute Gasteiger partial charge is 0.0558 e. The molecule has 0 saturated heterocycles. The Labute approximate surface area is 198 Å². The molecule has 0 aliphatic heterocycles. The third-order valence-corrected chi connectivity index (χ3v) is 3.40. The number of likely N-dealkylation sites (N-methyl/N-ethyl adjacent to an activating group) is 3. The van der Waals surface area contributed by atoms with Crippen molar-refractivity contribution in [2.75, 3.05) is 107 Å². The summed E-state index contributed by atoms with van der Waals surface area (Å²) in [5.74, 6) is 0. The molecule has 7 N–H and O–H groups in total. The molecule has 0 radical (unpaired) electrons. The van der Waals surface area contributed by atoms with Crippen LogP contribution in [0.25, 0.3) is 0 Å². The summed E-state index contributed by atoms with van der Waals surface area (Å²) in [6, 6.07) is 0. The topological polar surface area (TPSA) is 151 Å². The van der Waals surface area contributed by atoms with Gasteiger partial charge in [0, 0.05) is 67.6 Å². The van der Waals surface area contributed by atoms with Crippen LogP contribution in [0, 0.1) is 0 Å². The maximum atomic E-state index is 8.34. The van der Waals surface area contributed by atoms with E-state index in [9.17, 15) is 0 Å². The summed E-state index contributed by atoms with van der Waals surface area (Å²) < 4.78 is 0. The molecule has 0 saturated carbocycles. The Morgan fingerprint density at radius 3 is 0.700 bits per heavy atom. The molecule has 30 heavy (non-hydrogen) atoms. The van der Waals surface area contributed by atoms with Gasteiger partial charge in [0.2, 0.25) is 0 Å². The second kappa shape index (κ2) is 39.8. The second-order valence-corrected chi connectivity index (χ2v) is 6.33. The van der Waals surface area contributed by atoms with Crippen LogP contribution in [-0.4, -0.2) is 157 Å². The van der Waals surface area contributed by atoms with Gasteiger partial charge in [-0.2, -0.15) is 0 Å². The molecule has 0 atom stereocenters. The van der Waals surface area contributed by atoms with Crippen molar-refractivity contribution in [1.29, 1.82) is 0 Å². The predicted molar refractivity (Wildman–Crippen MR) is 117 cm³/mol. The minimum atomic E-state index is 0. The molecule has 0 bridgehead atoms. The number of hydrogen-bond acceptors (Lipinski definition) is 10. The molecule has 0 aliphatic rings. The summed E-state index contributed by atoms with van der Waals surface area (Å²) in [5.41, 5.74) is 0. The maximum Gasteiger partial charge on any atom is 0.0558 e. The Kier molecular flexibility index (Phi) is 53.9. The summed E-state index contributed by atoms with van der Waals surface area (Å²) in [5, 5.41) is 58.1. The normalized spacial score (nSPS) is 9.80. The van der Waals surface area contributed by atoms with Crippen LogP contribution in [0.5, 0.6) is 0 Å². The third-order valence-electron chi connectivity index (χ3n) is 3.40. The van der Waals surface area contributed by atoms with E-state index in [1.165, 1.54) is 0 Å². The van der Waals surface area contributed by atoms with Gasteiger partial charge in [-0.3, -0.25) is 0 Å². The number of aliphatic hydroxyl groups excluding tert-OH is 7. The molecule has 0 aliphatic carbocycles. The SMILES string of the molecule is CCCCO.CN(CCO)CCO.CN(CCO)CCO.CN(CCO)CCO.[Ti]. The summed E-state index contributed by atoms with van der Waals surface area (Å²) >= 11 is 0. The molecule has 186 valence electrons. The summed E-state index contributed by atoms with van der Waals surface area (Å²) in [7, 11) is 5.56. The van der Waals surface area contributed by atoms with Crippen LogP contribution < -0.4 is 0 Å². The first-order chi connectivity index (χ1) is 13.8. The van der Waals surface area contributed by atoms with Crippen molar-refractivity contribution in [1.82, 2.24) is 14.7 Å². The Morgan fingerprint density at radius 1 is 0.433 bits per heavy atom. The standard InChI is InChI=1S/3C5H13NO2.C4H10O.Ti/c3*1-6(2-4-7)3-5-8;1-2-3-4-5;/h3*7-8H,2-5H2,1H3;5H,2-4H2,1H3;. The summed E-state index contributed by atoms with van der Waals surface area (Å²) in [6.07, 6.45) is 2.04. The predicted octanol–water partition coefficient (Wildman–Crippen LogP) is -2.52. The van der Waals surface area contributed by atoms with Crippen molar-refractivity contribution in [3.63, 3.8) is 0 Å². The van der Waals surface area contributed by atoms with E-state index in [0.29, 0.717) is 45.9 Å². The Morgan fingerprint density at radius 2 is 0.633 bits per heavy atom. The molecule has 0 aromatic carbocycles. The van der Waals surface area contributed by atoms with Crippen molar-refractivity contribution >= 4 is 0 Å². The average molecular weight is 479 g/mol. The van der Waals surface area contributed by atoms with Crippen LogP contribution in [-0.2, 0) is 21.7 Å². The average Bonchev–Trinajstić information content (AvgIpc) is 2.65. The van der Waals surface area contributed by atoms with E-state index in [1.807, 2.05) is 35.8 Å². The van der Waals surface area contributed by atoms with Gasteiger partial charge >= 0.3 is 0 Å². The zero-order valence-electron chi connectivity index (χ0n) is 19.6. The number of hydrogen-bond donors (Lipinski definition) is 7. The van der Waals surface area contributed by atoms with E-state index in [0.717, 1.165) is 12.8 Å². The number of unbranched alkanes of at least 4 members (excludes halogenated alkanes) is 1. The molecule has 10 nitrogen and oxygen atoms in total. The van der Waals surface area contributed by atoms with E-state index in [4.69, 9.17) is 35.7 Å². The van der Waals surface area contributed by atoms with Crippen LogP contribution >= 0.6 is 0 Å². The van der Waals surface area contributed by atoms with Gasteiger partial charge in [-0.1, -0.05) is 13.3 Å². The molecule has 11 heteroatoms.